The third-order valence-electron chi connectivity index (χ3n) is 2.17. The van der Waals surface area contributed by atoms with Crippen molar-refractivity contribution in [3.8, 4) is 0 Å². The van der Waals surface area contributed by atoms with Crippen molar-refractivity contribution >= 4 is 5.69 Å². The second-order valence-corrected chi connectivity index (χ2v) is 3.23. The third kappa shape index (κ3) is 2.44. The van der Waals surface area contributed by atoms with Gasteiger partial charge < -0.3 is 16.6 Å². The predicted molar refractivity (Wildman–Crippen MR) is 54.2 cm³/mol. The molecule has 1 aromatic rings. The van der Waals surface area contributed by atoms with Gasteiger partial charge in [-0.25, -0.2) is 0 Å². The van der Waals surface area contributed by atoms with E-state index in [1.165, 1.54) is 0 Å². The van der Waals surface area contributed by atoms with Crippen molar-refractivity contribution in [2.24, 2.45) is 5.73 Å². The van der Waals surface area contributed by atoms with Crippen LogP contribution in [0.25, 0.3) is 0 Å². The largest absolute Gasteiger partial charge is 0.399 e. The number of aliphatic hydroxyl groups is 1. The number of aliphatic hydroxyl groups excluding tert-OH is 1. The molecule has 1 unspecified atom stereocenters. The summed E-state index contributed by atoms with van der Waals surface area (Å²) in [5, 5.41) is 8.71. The van der Waals surface area contributed by atoms with Crippen LogP contribution >= 0.6 is 0 Å². The van der Waals surface area contributed by atoms with Crippen LogP contribution in [0.4, 0.5) is 5.69 Å². The Kier molecular flexibility index (Phi) is 3.28. The Morgan fingerprint density at radius 1 is 1.46 bits per heavy atom. The van der Waals surface area contributed by atoms with Crippen molar-refractivity contribution in [1.29, 1.82) is 0 Å². The molecular weight excluding hydrogens is 164 g/mol. The molecule has 0 fully saturated rings. The molecule has 0 aliphatic rings. The summed E-state index contributed by atoms with van der Waals surface area (Å²) in [7, 11) is 0. The van der Waals surface area contributed by atoms with Gasteiger partial charge in [0.15, 0.2) is 0 Å². The first kappa shape index (κ1) is 10.0. The van der Waals surface area contributed by atoms with E-state index in [9.17, 15) is 0 Å². The molecule has 3 nitrogen and oxygen atoms in total. The smallest absolute Gasteiger partial charge is 0.0449 e. The molecule has 0 radical (unpaired) electrons. The lowest BCUT2D eigenvalue weighted by Crippen LogP contribution is -2.12. The van der Waals surface area contributed by atoms with Crippen molar-refractivity contribution in [2.75, 3.05) is 12.3 Å². The molecule has 0 spiro atoms. The molecule has 0 heterocycles. The molecule has 0 aromatic heterocycles. The van der Waals surface area contributed by atoms with Crippen LogP contribution in [0.1, 0.15) is 23.6 Å². The van der Waals surface area contributed by atoms with E-state index < -0.39 is 0 Å². The minimum Gasteiger partial charge on any atom is -0.399 e. The maximum absolute atomic E-state index is 8.71. The molecule has 0 saturated heterocycles. The van der Waals surface area contributed by atoms with Gasteiger partial charge in [-0.05, 0) is 30.5 Å². The quantitative estimate of drug-likeness (QED) is 0.607. The molecule has 0 aliphatic heterocycles. The van der Waals surface area contributed by atoms with Gasteiger partial charge in [0.1, 0.15) is 0 Å². The summed E-state index contributed by atoms with van der Waals surface area (Å²) in [6.07, 6.45) is 0.572. The van der Waals surface area contributed by atoms with Crippen molar-refractivity contribution < 1.29 is 5.11 Å². The van der Waals surface area contributed by atoms with Gasteiger partial charge >= 0.3 is 0 Å². The zero-order chi connectivity index (χ0) is 9.84. The number of rotatable bonds is 3. The number of benzene rings is 1. The average Bonchev–Trinajstić information content (AvgIpc) is 2.10. The molecular formula is C10H16N2O. The molecule has 1 rings (SSSR count). The first-order valence-corrected chi connectivity index (χ1v) is 4.37. The fourth-order valence-corrected chi connectivity index (χ4v) is 1.20. The second kappa shape index (κ2) is 4.25. The number of aryl methyl sites for hydroxylation is 1. The molecule has 0 amide bonds. The maximum atomic E-state index is 8.71. The minimum atomic E-state index is -0.118. The number of nitrogen functional groups attached to an aromatic ring is 1. The fraction of sp³-hybridized carbons (Fsp3) is 0.400. The van der Waals surface area contributed by atoms with Crippen LogP contribution in [0.2, 0.25) is 0 Å². The van der Waals surface area contributed by atoms with Gasteiger partial charge in [0.25, 0.3) is 0 Å². The second-order valence-electron chi connectivity index (χ2n) is 3.23. The van der Waals surface area contributed by atoms with Gasteiger partial charge in [0, 0.05) is 18.3 Å². The van der Waals surface area contributed by atoms with E-state index in [0.29, 0.717) is 6.42 Å². The van der Waals surface area contributed by atoms with Gasteiger partial charge in [-0.2, -0.15) is 0 Å². The summed E-state index contributed by atoms with van der Waals surface area (Å²) in [5.41, 5.74) is 14.3. The van der Waals surface area contributed by atoms with Crippen molar-refractivity contribution in [1.82, 2.24) is 0 Å². The van der Waals surface area contributed by atoms with E-state index in [0.717, 1.165) is 16.8 Å². The standard InChI is InChI=1S/C10H16N2O/c1-7-2-3-8(6-10(7)12)9(11)4-5-13/h2-3,6,9,13H,4-5,11-12H2,1H3. The Labute approximate surface area is 78.4 Å². The SMILES string of the molecule is Cc1ccc(C(N)CCO)cc1N. The lowest BCUT2D eigenvalue weighted by molar-refractivity contribution is 0.276. The van der Waals surface area contributed by atoms with Gasteiger partial charge in [-0.1, -0.05) is 12.1 Å². The molecule has 1 atom stereocenters. The topological polar surface area (TPSA) is 72.3 Å². The highest BCUT2D eigenvalue weighted by Crippen LogP contribution is 2.19. The normalized spacial score (nSPS) is 12.8. The van der Waals surface area contributed by atoms with Crippen LogP contribution < -0.4 is 11.5 Å². The highest BCUT2D eigenvalue weighted by molar-refractivity contribution is 5.48. The van der Waals surface area contributed by atoms with E-state index in [4.69, 9.17) is 16.6 Å². The maximum Gasteiger partial charge on any atom is 0.0449 e. The molecule has 13 heavy (non-hydrogen) atoms. The van der Waals surface area contributed by atoms with E-state index in [1.54, 1.807) is 0 Å². The van der Waals surface area contributed by atoms with Crippen LogP contribution in [-0.2, 0) is 0 Å². The number of hydrogen-bond donors (Lipinski definition) is 3. The van der Waals surface area contributed by atoms with E-state index in [-0.39, 0.29) is 12.6 Å². The van der Waals surface area contributed by atoms with Crippen molar-refractivity contribution in [3.05, 3.63) is 29.3 Å². The van der Waals surface area contributed by atoms with Gasteiger partial charge in [0.05, 0.1) is 0 Å². The van der Waals surface area contributed by atoms with Crippen LogP contribution in [0, 0.1) is 6.92 Å². The first-order valence-electron chi connectivity index (χ1n) is 4.37. The third-order valence-corrected chi connectivity index (χ3v) is 2.17. The Morgan fingerprint density at radius 2 is 2.15 bits per heavy atom. The molecule has 0 saturated carbocycles. The summed E-state index contributed by atoms with van der Waals surface area (Å²) in [4.78, 5) is 0. The van der Waals surface area contributed by atoms with E-state index in [1.807, 2.05) is 25.1 Å². The average molecular weight is 180 g/mol. The first-order chi connectivity index (χ1) is 6.15. The van der Waals surface area contributed by atoms with Crippen LogP contribution in [0.15, 0.2) is 18.2 Å². The summed E-state index contributed by atoms with van der Waals surface area (Å²) in [6.45, 7) is 2.06. The Morgan fingerprint density at radius 3 is 2.69 bits per heavy atom. The molecule has 0 bridgehead atoms. The Bertz CT molecular complexity index is 286. The monoisotopic (exact) mass is 180 g/mol. The minimum absolute atomic E-state index is 0.106. The number of nitrogens with two attached hydrogens (primary N) is 2. The fourth-order valence-electron chi connectivity index (χ4n) is 1.20. The Balaban J connectivity index is 2.84. The van der Waals surface area contributed by atoms with Gasteiger partial charge in [-0.3, -0.25) is 0 Å². The van der Waals surface area contributed by atoms with Crippen molar-refractivity contribution in [2.45, 2.75) is 19.4 Å². The zero-order valence-electron chi connectivity index (χ0n) is 7.83. The molecule has 72 valence electrons. The Hall–Kier alpha value is -1.06. The summed E-state index contributed by atoms with van der Waals surface area (Å²) < 4.78 is 0. The van der Waals surface area contributed by atoms with Crippen molar-refractivity contribution in [3.63, 3.8) is 0 Å². The van der Waals surface area contributed by atoms with Crippen LogP contribution in [0.5, 0.6) is 0 Å². The lowest BCUT2D eigenvalue weighted by atomic mass is 10.0. The van der Waals surface area contributed by atoms with Gasteiger partial charge in [-0.15, -0.1) is 0 Å². The molecule has 1 aromatic carbocycles. The summed E-state index contributed by atoms with van der Waals surface area (Å²) in [5.74, 6) is 0. The molecule has 0 aliphatic carbocycles. The number of hydrogen-bond acceptors (Lipinski definition) is 3. The summed E-state index contributed by atoms with van der Waals surface area (Å²) in [6, 6.07) is 5.65. The van der Waals surface area contributed by atoms with Gasteiger partial charge in [0.2, 0.25) is 0 Å². The summed E-state index contributed by atoms with van der Waals surface area (Å²) >= 11 is 0. The van der Waals surface area contributed by atoms with Crippen LogP contribution in [-0.4, -0.2) is 11.7 Å². The number of anilines is 1. The lowest BCUT2D eigenvalue weighted by Gasteiger charge is -2.11. The molecule has 3 heteroatoms. The predicted octanol–water partition coefficient (Wildman–Crippen LogP) is 0.959. The highest BCUT2D eigenvalue weighted by atomic mass is 16.3. The van der Waals surface area contributed by atoms with Crippen LogP contribution in [0.3, 0.4) is 0 Å². The zero-order valence-corrected chi connectivity index (χ0v) is 7.83. The highest BCUT2D eigenvalue weighted by Gasteiger charge is 2.05. The van der Waals surface area contributed by atoms with E-state index >= 15 is 0 Å². The molecule has 5 N–H and O–H groups in total. The van der Waals surface area contributed by atoms with E-state index in [2.05, 4.69) is 0 Å².